The Bertz CT molecular complexity index is 1150. The zero-order chi connectivity index (χ0) is 22.6. The monoisotopic (exact) mass is 441 g/mol. The maximum absolute atomic E-state index is 9.30. The van der Waals surface area contributed by atoms with Crippen molar-refractivity contribution in [3.8, 4) is 17.2 Å². The molecule has 2 aliphatic rings. The van der Waals surface area contributed by atoms with Crippen molar-refractivity contribution in [3.63, 3.8) is 0 Å². The van der Waals surface area contributed by atoms with Crippen LogP contribution in [0.3, 0.4) is 0 Å². The van der Waals surface area contributed by atoms with E-state index in [2.05, 4.69) is 57.5 Å². The van der Waals surface area contributed by atoms with Gasteiger partial charge in [-0.1, -0.05) is 12.1 Å². The van der Waals surface area contributed by atoms with Crippen molar-refractivity contribution in [1.29, 1.82) is 5.26 Å². The van der Waals surface area contributed by atoms with E-state index in [4.69, 9.17) is 4.74 Å². The van der Waals surface area contributed by atoms with Crippen LogP contribution >= 0.6 is 0 Å². The minimum absolute atomic E-state index is 0.323. The molecule has 6 heteroatoms. The second-order valence-corrected chi connectivity index (χ2v) is 9.29. The molecule has 2 aromatic carbocycles. The zero-order valence-corrected chi connectivity index (χ0v) is 19.2. The van der Waals surface area contributed by atoms with Crippen molar-refractivity contribution in [2.45, 2.75) is 25.0 Å². The summed E-state index contributed by atoms with van der Waals surface area (Å²) in [5, 5.41) is 15.4. The van der Waals surface area contributed by atoms with Crippen LogP contribution in [0.2, 0.25) is 0 Å². The first-order chi connectivity index (χ1) is 16.2. The lowest BCUT2D eigenvalue weighted by Gasteiger charge is -2.37. The third-order valence-electron chi connectivity index (χ3n) is 6.83. The Morgan fingerprint density at radius 2 is 2.00 bits per heavy atom. The van der Waals surface area contributed by atoms with Crippen molar-refractivity contribution >= 4 is 16.5 Å². The second kappa shape index (κ2) is 9.88. The molecule has 0 amide bonds. The standard InChI is InChI=1S/C27H31N5O/c1-31-11-12-33-25(18-31)19-32-9-6-24(7-10-32)30-27-15-23(14-22-5-8-29-17-26(22)27)21-4-2-3-20(13-21)16-28/h2-5,8,13-15,17,24-25,30H,6-7,9-12,18-19H2,1H3. The molecular formula is C27H31N5O. The second-order valence-electron chi connectivity index (χ2n) is 9.29. The maximum Gasteiger partial charge on any atom is 0.0991 e. The van der Waals surface area contributed by atoms with Gasteiger partial charge >= 0.3 is 0 Å². The number of pyridine rings is 1. The molecule has 5 rings (SSSR count). The summed E-state index contributed by atoms with van der Waals surface area (Å²) in [7, 11) is 2.18. The molecule has 170 valence electrons. The number of nitrogens with one attached hydrogen (secondary N) is 1. The Labute approximate surface area is 195 Å². The van der Waals surface area contributed by atoms with Crippen molar-refractivity contribution in [1.82, 2.24) is 14.8 Å². The van der Waals surface area contributed by atoms with Crippen LogP contribution in [0.25, 0.3) is 21.9 Å². The number of anilines is 1. The molecule has 1 atom stereocenters. The fourth-order valence-corrected chi connectivity index (χ4v) is 5.00. The fraction of sp³-hybridized carbons (Fsp3) is 0.407. The fourth-order valence-electron chi connectivity index (χ4n) is 5.00. The van der Waals surface area contributed by atoms with Gasteiger partial charge in [0, 0.05) is 62.2 Å². The van der Waals surface area contributed by atoms with E-state index in [9.17, 15) is 5.26 Å². The number of hydrogen-bond donors (Lipinski definition) is 1. The average Bonchev–Trinajstić information content (AvgIpc) is 2.85. The Kier molecular flexibility index (Phi) is 6.54. The molecule has 3 heterocycles. The number of piperidine rings is 1. The molecule has 1 aromatic heterocycles. The zero-order valence-electron chi connectivity index (χ0n) is 19.2. The number of rotatable bonds is 5. The van der Waals surface area contributed by atoms with Gasteiger partial charge in [0.2, 0.25) is 0 Å². The molecular weight excluding hydrogens is 410 g/mol. The largest absolute Gasteiger partial charge is 0.382 e. The Balaban J connectivity index is 1.30. The Morgan fingerprint density at radius 3 is 2.82 bits per heavy atom. The summed E-state index contributed by atoms with van der Waals surface area (Å²) in [6.07, 6.45) is 6.32. The number of likely N-dealkylation sites (tertiary alicyclic amines) is 1. The molecule has 2 aliphatic heterocycles. The van der Waals surface area contributed by atoms with Gasteiger partial charge in [-0.15, -0.1) is 0 Å². The minimum atomic E-state index is 0.323. The van der Waals surface area contributed by atoms with E-state index in [0.717, 1.165) is 79.8 Å². The molecule has 33 heavy (non-hydrogen) atoms. The van der Waals surface area contributed by atoms with Gasteiger partial charge in [-0.25, -0.2) is 0 Å². The smallest absolute Gasteiger partial charge is 0.0991 e. The van der Waals surface area contributed by atoms with Gasteiger partial charge in [0.25, 0.3) is 0 Å². The highest BCUT2D eigenvalue weighted by Crippen LogP contribution is 2.32. The molecule has 0 bridgehead atoms. The lowest BCUT2D eigenvalue weighted by Crippen LogP contribution is -2.48. The van der Waals surface area contributed by atoms with Gasteiger partial charge in [-0.05, 0) is 66.7 Å². The van der Waals surface area contributed by atoms with Gasteiger partial charge in [0.05, 0.1) is 24.3 Å². The van der Waals surface area contributed by atoms with E-state index in [1.54, 1.807) is 0 Å². The number of nitriles is 1. The summed E-state index contributed by atoms with van der Waals surface area (Å²) < 4.78 is 5.97. The number of nitrogens with zero attached hydrogens (tertiary/aromatic N) is 4. The van der Waals surface area contributed by atoms with E-state index in [1.807, 2.05) is 30.6 Å². The highest BCUT2D eigenvalue weighted by molar-refractivity contribution is 5.97. The molecule has 3 aromatic rings. The average molecular weight is 442 g/mol. The van der Waals surface area contributed by atoms with E-state index >= 15 is 0 Å². The number of likely N-dealkylation sites (N-methyl/N-ethyl adjacent to an activating group) is 1. The van der Waals surface area contributed by atoms with E-state index < -0.39 is 0 Å². The predicted molar refractivity (Wildman–Crippen MR) is 132 cm³/mol. The van der Waals surface area contributed by atoms with E-state index in [0.29, 0.717) is 17.7 Å². The van der Waals surface area contributed by atoms with Crippen LogP contribution in [0.5, 0.6) is 0 Å². The van der Waals surface area contributed by atoms with Crippen LogP contribution in [0, 0.1) is 11.3 Å². The summed E-state index contributed by atoms with van der Waals surface area (Å²) in [6.45, 7) is 6.09. The molecule has 1 unspecified atom stereocenters. The van der Waals surface area contributed by atoms with Crippen LogP contribution in [-0.2, 0) is 4.74 Å². The number of fused-ring (bicyclic) bond motifs is 1. The molecule has 6 nitrogen and oxygen atoms in total. The Morgan fingerprint density at radius 1 is 1.12 bits per heavy atom. The first-order valence-corrected chi connectivity index (χ1v) is 11.9. The topological polar surface area (TPSA) is 64.4 Å². The van der Waals surface area contributed by atoms with Crippen molar-refractivity contribution in [2.24, 2.45) is 0 Å². The molecule has 2 fully saturated rings. The molecule has 0 spiro atoms. The molecule has 0 aliphatic carbocycles. The van der Waals surface area contributed by atoms with Crippen LogP contribution in [0.1, 0.15) is 18.4 Å². The summed E-state index contributed by atoms with van der Waals surface area (Å²) in [6, 6.07) is 16.9. The predicted octanol–water partition coefficient (Wildman–Crippen LogP) is 3.98. The number of morpholine rings is 1. The molecule has 0 saturated carbocycles. The van der Waals surface area contributed by atoms with Gasteiger partial charge in [0.1, 0.15) is 0 Å². The summed E-state index contributed by atoms with van der Waals surface area (Å²) in [5.41, 5.74) is 3.97. The summed E-state index contributed by atoms with van der Waals surface area (Å²) in [4.78, 5) is 9.28. The Hall–Kier alpha value is -2.98. The summed E-state index contributed by atoms with van der Waals surface area (Å²) in [5.74, 6) is 0. The first kappa shape index (κ1) is 21.8. The van der Waals surface area contributed by atoms with Crippen LogP contribution in [0.15, 0.2) is 54.9 Å². The normalized spacial score (nSPS) is 20.5. The number of aromatic nitrogens is 1. The quantitative estimate of drug-likeness (QED) is 0.646. The maximum atomic E-state index is 9.30. The molecule has 2 saturated heterocycles. The van der Waals surface area contributed by atoms with Crippen molar-refractivity contribution in [3.05, 3.63) is 60.4 Å². The van der Waals surface area contributed by atoms with Crippen LogP contribution in [-0.4, -0.2) is 73.3 Å². The van der Waals surface area contributed by atoms with Crippen LogP contribution < -0.4 is 5.32 Å². The van der Waals surface area contributed by atoms with Crippen molar-refractivity contribution < 1.29 is 4.74 Å². The first-order valence-electron chi connectivity index (χ1n) is 11.9. The number of benzene rings is 2. The number of ether oxygens (including phenoxy) is 1. The van der Waals surface area contributed by atoms with E-state index in [-0.39, 0.29) is 0 Å². The molecule has 1 N–H and O–H groups in total. The number of hydrogen-bond acceptors (Lipinski definition) is 6. The highest BCUT2D eigenvalue weighted by atomic mass is 16.5. The highest BCUT2D eigenvalue weighted by Gasteiger charge is 2.25. The molecule has 0 radical (unpaired) electrons. The SMILES string of the molecule is CN1CCOC(CN2CCC(Nc3cc(-c4cccc(C#N)c4)cc4ccncc34)CC2)C1. The summed E-state index contributed by atoms with van der Waals surface area (Å²) >= 11 is 0. The third kappa shape index (κ3) is 5.17. The van der Waals surface area contributed by atoms with E-state index in [1.165, 1.54) is 0 Å². The lowest BCUT2D eigenvalue weighted by molar-refractivity contribution is -0.0379. The van der Waals surface area contributed by atoms with Gasteiger partial charge in [0.15, 0.2) is 0 Å². The van der Waals surface area contributed by atoms with Gasteiger partial charge in [-0.2, -0.15) is 5.26 Å². The van der Waals surface area contributed by atoms with Crippen molar-refractivity contribution in [2.75, 3.05) is 51.7 Å². The van der Waals surface area contributed by atoms with Crippen LogP contribution in [0.4, 0.5) is 5.69 Å². The van der Waals surface area contributed by atoms with Gasteiger partial charge in [-0.3, -0.25) is 4.98 Å². The third-order valence-corrected chi connectivity index (χ3v) is 6.83. The lowest BCUT2D eigenvalue weighted by atomic mass is 9.98. The minimum Gasteiger partial charge on any atom is -0.382 e. The van der Waals surface area contributed by atoms with Gasteiger partial charge < -0.3 is 19.9 Å².